The molecule has 0 aliphatic rings. The second-order valence-electron chi connectivity index (χ2n) is 4.86. The van der Waals surface area contributed by atoms with E-state index in [0.29, 0.717) is 0 Å². The van der Waals surface area contributed by atoms with Crippen LogP contribution in [-0.4, -0.2) is 17.4 Å². The Kier molecular flexibility index (Phi) is 5.54. The Morgan fingerprint density at radius 2 is 2.00 bits per heavy atom. The van der Waals surface area contributed by atoms with Gasteiger partial charge in [-0.1, -0.05) is 41.9 Å². The minimum absolute atomic E-state index is 0.0862. The number of amides is 1. The molecular formula is C16H15ClN2O4. The van der Waals surface area contributed by atoms with Crippen molar-refractivity contribution in [1.29, 1.82) is 0 Å². The number of carbonyl (C=O) groups is 1. The van der Waals surface area contributed by atoms with Gasteiger partial charge in [-0.15, -0.1) is 0 Å². The number of nitrogens with one attached hydrogen (secondary N) is 1. The Bertz CT molecular complexity index is 706. The normalized spacial score (nSPS) is 11.6. The highest BCUT2D eigenvalue weighted by Crippen LogP contribution is 2.28. The van der Waals surface area contributed by atoms with Gasteiger partial charge in [-0.25, -0.2) is 0 Å². The van der Waals surface area contributed by atoms with Gasteiger partial charge < -0.3 is 10.1 Å². The lowest BCUT2D eigenvalue weighted by Gasteiger charge is -2.15. The molecule has 2 aromatic rings. The van der Waals surface area contributed by atoms with Crippen LogP contribution < -0.4 is 10.1 Å². The molecule has 2 aromatic carbocycles. The topological polar surface area (TPSA) is 81.5 Å². The Morgan fingerprint density at radius 1 is 1.30 bits per heavy atom. The van der Waals surface area contributed by atoms with Crippen molar-refractivity contribution in [3.05, 3.63) is 69.2 Å². The molecule has 1 unspecified atom stereocenters. The second kappa shape index (κ2) is 7.60. The van der Waals surface area contributed by atoms with Gasteiger partial charge in [-0.2, -0.15) is 0 Å². The van der Waals surface area contributed by atoms with E-state index in [1.807, 2.05) is 37.3 Å². The van der Waals surface area contributed by atoms with E-state index >= 15 is 0 Å². The summed E-state index contributed by atoms with van der Waals surface area (Å²) in [5.74, 6) is -0.0875. The van der Waals surface area contributed by atoms with E-state index < -0.39 is 4.92 Å². The van der Waals surface area contributed by atoms with E-state index in [0.717, 1.165) is 5.56 Å². The van der Waals surface area contributed by atoms with Gasteiger partial charge in [0, 0.05) is 12.1 Å². The summed E-state index contributed by atoms with van der Waals surface area (Å²) < 4.78 is 5.30. The highest BCUT2D eigenvalue weighted by molar-refractivity contribution is 6.32. The number of halogens is 1. The van der Waals surface area contributed by atoms with Gasteiger partial charge in [-0.05, 0) is 18.6 Å². The van der Waals surface area contributed by atoms with Crippen molar-refractivity contribution >= 4 is 23.2 Å². The Balaban J connectivity index is 1.91. The van der Waals surface area contributed by atoms with Crippen LogP contribution in [0, 0.1) is 10.1 Å². The molecule has 0 bridgehead atoms. The maximum atomic E-state index is 11.9. The van der Waals surface area contributed by atoms with Gasteiger partial charge in [0.25, 0.3) is 11.6 Å². The van der Waals surface area contributed by atoms with Crippen molar-refractivity contribution in [2.75, 3.05) is 6.61 Å². The molecule has 0 radical (unpaired) electrons. The van der Waals surface area contributed by atoms with Crippen molar-refractivity contribution in [2.24, 2.45) is 0 Å². The van der Waals surface area contributed by atoms with E-state index in [-0.39, 0.29) is 35.0 Å². The third kappa shape index (κ3) is 4.69. The quantitative estimate of drug-likeness (QED) is 0.647. The van der Waals surface area contributed by atoms with Gasteiger partial charge in [-0.3, -0.25) is 14.9 Å². The minimum Gasteiger partial charge on any atom is -0.482 e. The zero-order chi connectivity index (χ0) is 16.8. The molecule has 0 saturated carbocycles. The number of nitro groups is 1. The summed E-state index contributed by atoms with van der Waals surface area (Å²) in [7, 11) is 0. The fourth-order valence-corrected chi connectivity index (χ4v) is 2.20. The summed E-state index contributed by atoms with van der Waals surface area (Å²) in [5.41, 5.74) is 0.846. The molecule has 120 valence electrons. The number of hydrogen-bond donors (Lipinski definition) is 1. The van der Waals surface area contributed by atoms with Crippen LogP contribution >= 0.6 is 11.6 Å². The molecule has 0 aromatic heterocycles. The third-order valence-electron chi connectivity index (χ3n) is 3.16. The monoisotopic (exact) mass is 334 g/mol. The van der Waals surface area contributed by atoms with Crippen LogP contribution in [0.15, 0.2) is 48.5 Å². The number of nitro benzene ring substituents is 1. The van der Waals surface area contributed by atoms with Gasteiger partial charge in [0.2, 0.25) is 0 Å². The molecular weight excluding hydrogens is 320 g/mol. The van der Waals surface area contributed by atoms with Gasteiger partial charge in [0.1, 0.15) is 5.75 Å². The predicted molar refractivity (Wildman–Crippen MR) is 86.6 cm³/mol. The number of nitrogens with zero attached hydrogens (tertiary/aromatic N) is 1. The van der Waals surface area contributed by atoms with Crippen LogP contribution in [0.5, 0.6) is 5.75 Å². The molecule has 7 heteroatoms. The molecule has 0 aliphatic heterocycles. The van der Waals surface area contributed by atoms with Crippen LogP contribution in [0.25, 0.3) is 0 Å². The number of benzene rings is 2. The highest BCUT2D eigenvalue weighted by atomic mass is 35.5. The van der Waals surface area contributed by atoms with E-state index in [9.17, 15) is 14.9 Å². The average Bonchev–Trinajstić information content (AvgIpc) is 2.54. The van der Waals surface area contributed by atoms with Crippen LogP contribution in [-0.2, 0) is 4.79 Å². The van der Waals surface area contributed by atoms with Crippen LogP contribution in [0.1, 0.15) is 18.5 Å². The lowest BCUT2D eigenvalue weighted by molar-refractivity contribution is -0.384. The molecule has 2 rings (SSSR count). The zero-order valence-corrected chi connectivity index (χ0v) is 13.1. The van der Waals surface area contributed by atoms with Crippen molar-refractivity contribution in [2.45, 2.75) is 13.0 Å². The summed E-state index contributed by atoms with van der Waals surface area (Å²) in [6, 6.07) is 13.2. The first-order chi connectivity index (χ1) is 11.0. The molecule has 6 nitrogen and oxygen atoms in total. The molecule has 1 N–H and O–H groups in total. The van der Waals surface area contributed by atoms with Crippen molar-refractivity contribution in [3.63, 3.8) is 0 Å². The van der Waals surface area contributed by atoms with E-state index in [1.54, 1.807) is 0 Å². The summed E-state index contributed by atoms with van der Waals surface area (Å²) in [6.07, 6.45) is 0. The van der Waals surface area contributed by atoms with Gasteiger partial charge >= 0.3 is 0 Å². The largest absolute Gasteiger partial charge is 0.482 e. The first-order valence-electron chi connectivity index (χ1n) is 6.88. The fraction of sp³-hybridized carbons (Fsp3) is 0.188. The van der Waals surface area contributed by atoms with Crippen molar-refractivity contribution < 1.29 is 14.5 Å². The average molecular weight is 335 g/mol. The molecule has 1 amide bonds. The fourth-order valence-electron chi connectivity index (χ4n) is 1.97. The van der Waals surface area contributed by atoms with Crippen LogP contribution in [0.3, 0.4) is 0 Å². The smallest absolute Gasteiger partial charge is 0.271 e. The summed E-state index contributed by atoms with van der Waals surface area (Å²) in [5, 5.41) is 13.5. The van der Waals surface area contributed by atoms with E-state index in [2.05, 4.69) is 5.32 Å². The zero-order valence-electron chi connectivity index (χ0n) is 12.4. The first-order valence-corrected chi connectivity index (χ1v) is 7.26. The predicted octanol–water partition coefficient (Wildman–Crippen LogP) is 3.50. The number of hydrogen-bond acceptors (Lipinski definition) is 4. The van der Waals surface area contributed by atoms with Gasteiger partial charge in [0.15, 0.2) is 6.61 Å². The number of ether oxygens (including phenoxy) is 1. The summed E-state index contributed by atoms with van der Waals surface area (Å²) in [6.45, 7) is 1.64. The van der Waals surface area contributed by atoms with Crippen molar-refractivity contribution in [3.8, 4) is 5.75 Å². The number of non-ortho nitro benzene ring substituents is 1. The van der Waals surface area contributed by atoms with Crippen molar-refractivity contribution in [1.82, 2.24) is 5.32 Å². The Labute approximate surface area is 138 Å². The maximum Gasteiger partial charge on any atom is 0.271 e. The molecule has 23 heavy (non-hydrogen) atoms. The molecule has 0 aliphatic carbocycles. The minimum atomic E-state index is -0.552. The van der Waals surface area contributed by atoms with Gasteiger partial charge in [0.05, 0.1) is 16.0 Å². The summed E-state index contributed by atoms with van der Waals surface area (Å²) in [4.78, 5) is 22.0. The lowest BCUT2D eigenvalue weighted by atomic mass is 10.1. The SMILES string of the molecule is CC(NC(=O)COc1ccc([N+](=O)[O-])cc1Cl)c1ccccc1. The molecule has 0 fully saturated rings. The third-order valence-corrected chi connectivity index (χ3v) is 3.46. The second-order valence-corrected chi connectivity index (χ2v) is 5.27. The maximum absolute atomic E-state index is 11.9. The van der Waals surface area contributed by atoms with E-state index in [1.165, 1.54) is 18.2 Å². The molecule has 0 heterocycles. The number of rotatable bonds is 6. The molecule has 0 saturated heterocycles. The first kappa shape index (κ1) is 16.8. The molecule has 1 atom stereocenters. The Morgan fingerprint density at radius 3 is 2.61 bits per heavy atom. The lowest BCUT2D eigenvalue weighted by Crippen LogP contribution is -2.31. The van der Waals surface area contributed by atoms with Crippen LogP contribution in [0.2, 0.25) is 5.02 Å². The Hall–Kier alpha value is -2.60. The number of carbonyl (C=O) groups excluding carboxylic acids is 1. The summed E-state index contributed by atoms with van der Waals surface area (Å²) >= 11 is 5.90. The van der Waals surface area contributed by atoms with Crippen LogP contribution in [0.4, 0.5) is 5.69 Å². The molecule has 0 spiro atoms. The highest BCUT2D eigenvalue weighted by Gasteiger charge is 2.13. The standard InChI is InChI=1S/C16H15ClN2O4/c1-11(12-5-3-2-4-6-12)18-16(20)10-23-15-8-7-13(19(21)22)9-14(15)17/h2-9,11H,10H2,1H3,(H,18,20). The van der Waals surface area contributed by atoms with E-state index in [4.69, 9.17) is 16.3 Å².